The van der Waals surface area contributed by atoms with Crippen LogP contribution in [-0.4, -0.2) is 15.8 Å². The van der Waals surface area contributed by atoms with Gasteiger partial charge in [0, 0.05) is 29.2 Å². The third-order valence-corrected chi connectivity index (χ3v) is 3.88. The standard InChI is InChI=1S/C14H11N3O5S/c1-9-2-3-10(16(19)20)8-12(9)15-13(18)6-4-11-5-7-14(23-11)17(21)22/h2-8H,1H3,(H,15,18)/b6-4+. The molecule has 9 heteroatoms. The van der Waals surface area contributed by atoms with E-state index < -0.39 is 15.8 Å². The number of non-ortho nitro benzene ring substituents is 1. The number of thiophene rings is 1. The Morgan fingerprint density at radius 3 is 2.52 bits per heavy atom. The molecule has 0 atom stereocenters. The van der Waals surface area contributed by atoms with Crippen LogP contribution in [0.3, 0.4) is 0 Å². The second kappa shape index (κ2) is 6.79. The number of nitrogens with zero attached hydrogens (tertiary/aromatic N) is 2. The van der Waals surface area contributed by atoms with Gasteiger partial charge >= 0.3 is 5.00 Å². The van der Waals surface area contributed by atoms with Gasteiger partial charge in [0.2, 0.25) is 5.91 Å². The first-order valence-corrected chi connectivity index (χ1v) is 7.17. The lowest BCUT2D eigenvalue weighted by Gasteiger charge is -2.05. The summed E-state index contributed by atoms with van der Waals surface area (Å²) in [4.78, 5) is 32.7. The normalized spacial score (nSPS) is 10.7. The minimum absolute atomic E-state index is 0.0143. The van der Waals surface area contributed by atoms with Crippen LogP contribution in [0.2, 0.25) is 0 Å². The Kier molecular flexibility index (Phi) is 4.82. The summed E-state index contributed by atoms with van der Waals surface area (Å²) in [7, 11) is 0. The van der Waals surface area contributed by atoms with Crippen LogP contribution in [0.15, 0.2) is 36.4 Å². The zero-order valence-electron chi connectivity index (χ0n) is 11.9. The second-order valence-corrected chi connectivity index (χ2v) is 5.61. The van der Waals surface area contributed by atoms with Gasteiger partial charge in [-0.1, -0.05) is 17.4 Å². The number of hydrogen-bond acceptors (Lipinski definition) is 6. The molecule has 0 radical (unpaired) electrons. The number of nitro groups is 2. The summed E-state index contributed by atoms with van der Waals surface area (Å²) >= 11 is 0.944. The Bertz CT molecular complexity index is 812. The van der Waals surface area contributed by atoms with Crippen LogP contribution in [0.25, 0.3) is 6.08 Å². The van der Waals surface area contributed by atoms with E-state index in [-0.39, 0.29) is 10.7 Å². The molecule has 1 heterocycles. The molecule has 0 aliphatic heterocycles. The number of carbonyl (C=O) groups excluding carboxylic acids is 1. The molecule has 0 saturated heterocycles. The molecule has 0 aliphatic rings. The third-order valence-electron chi connectivity index (χ3n) is 2.88. The fourth-order valence-electron chi connectivity index (χ4n) is 1.72. The van der Waals surface area contributed by atoms with Gasteiger partial charge in [0.25, 0.3) is 5.69 Å². The smallest absolute Gasteiger partial charge is 0.322 e. The van der Waals surface area contributed by atoms with Crippen molar-refractivity contribution in [1.29, 1.82) is 0 Å². The van der Waals surface area contributed by atoms with Crippen LogP contribution in [0.4, 0.5) is 16.4 Å². The molecule has 8 nitrogen and oxygen atoms in total. The summed E-state index contributed by atoms with van der Waals surface area (Å²) < 4.78 is 0. The highest BCUT2D eigenvalue weighted by molar-refractivity contribution is 7.16. The maximum atomic E-state index is 11.9. The van der Waals surface area contributed by atoms with Gasteiger partial charge in [-0.05, 0) is 24.6 Å². The Morgan fingerprint density at radius 2 is 1.91 bits per heavy atom. The van der Waals surface area contributed by atoms with Crippen molar-refractivity contribution in [1.82, 2.24) is 0 Å². The predicted molar refractivity (Wildman–Crippen MR) is 86.5 cm³/mol. The minimum Gasteiger partial charge on any atom is -0.322 e. The van der Waals surface area contributed by atoms with Crippen LogP contribution in [0.5, 0.6) is 0 Å². The monoisotopic (exact) mass is 333 g/mol. The van der Waals surface area contributed by atoms with Crippen molar-refractivity contribution in [2.75, 3.05) is 5.32 Å². The van der Waals surface area contributed by atoms with Gasteiger partial charge in [-0.25, -0.2) is 0 Å². The van der Waals surface area contributed by atoms with Gasteiger partial charge < -0.3 is 5.32 Å². The van der Waals surface area contributed by atoms with Gasteiger partial charge in [-0.2, -0.15) is 0 Å². The lowest BCUT2D eigenvalue weighted by Crippen LogP contribution is -2.09. The summed E-state index contributed by atoms with van der Waals surface area (Å²) in [5.41, 5.74) is 0.902. The molecule has 0 bridgehead atoms. The number of anilines is 1. The Hall–Kier alpha value is -3.07. The van der Waals surface area contributed by atoms with E-state index in [4.69, 9.17) is 0 Å². The number of nitro benzene ring substituents is 1. The van der Waals surface area contributed by atoms with Gasteiger partial charge in [0.15, 0.2) is 0 Å². The highest BCUT2D eigenvalue weighted by Crippen LogP contribution is 2.25. The Balaban J connectivity index is 2.09. The van der Waals surface area contributed by atoms with E-state index in [9.17, 15) is 25.0 Å². The molecule has 1 N–H and O–H groups in total. The summed E-state index contributed by atoms with van der Waals surface area (Å²) in [6.45, 7) is 1.71. The van der Waals surface area contributed by atoms with Crippen molar-refractivity contribution < 1.29 is 14.6 Å². The van der Waals surface area contributed by atoms with Crippen LogP contribution >= 0.6 is 11.3 Å². The SMILES string of the molecule is Cc1ccc([N+](=O)[O-])cc1NC(=O)/C=C/c1ccc([N+](=O)[O-])s1. The number of hydrogen-bond donors (Lipinski definition) is 1. The van der Waals surface area contributed by atoms with Crippen molar-refractivity contribution in [3.8, 4) is 0 Å². The maximum absolute atomic E-state index is 11.9. The van der Waals surface area contributed by atoms with E-state index in [1.165, 1.54) is 36.4 Å². The lowest BCUT2D eigenvalue weighted by atomic mass is 10.2. The molecule has 0 saturated carbocycles. The number of rotatable bonds is 5. The molecule has 2 rings (SSSR count). The minimum atomic E-state index is -0.546. The third kappa shape index (κ3) is 4.20. The van der Waals surface area contributed by atoms with Crippen LogP contribution in [-0.2, 0) is 4.79 Å². The zero-order chi connectivity index (χ0) is 17.0. The molecule has 23 heavy (non-hydrogen) atoms. The van der Waals surface area contributed by atoms with Gasteiger partial charge in [0.1, 0.15) is 0 Å². The van der Waals surface area contributed by atoms with Gasteiger partial charge in [0.05, 0.1) is 15.5 Å². The molecule has 1 aromatic carbocycles. The summed E-state index contributed by atoms with van der Waals surface area (Å²) in [6.07, 6.45) is 2.66. The van der Waals surface area contributed by atoms with Crippen LogP contribution in [0, 0.1) is 27.2 Å². The van der Waals surface area contributed by atoms with E-state index in [2.05, 4.69) is 5.32 Å². The fourth-order valence-corrected chi connectivity index (χ4v) is 2.44. The molecule has 1 aromatic heterocycles. The first kappa shape index (κ1) is 16.3. The van der Waals surface area contributed by atoms with Crippen LogP contribution < -0.4 is 5.32 Å². The first-order chi connectivity index (χ1) is 10.9. The molecule has 118 valence electrons. The van der Waals surface area contributed by atoms with Crippen molar-refractivity contribution >= 4 is 39.7 Å². The zero-order valence-corrected chi connectivity index (χ0v) is 12.7. The summed E-state index contributed by atoms with van der Waals surface area (Å²) in [5, 5.41) is 23.9. The number of aryl methyl sites for hydroxylation is 1. The molecule has 1 amide bonds. The average Bonchev–Trinajstić information content (AvgIpc) is 2.96. The van der Waals surface area contributed by atoms with Gasteiger partial charge in [-0.3, -0.25) is 25.0 Å². The van der Waals surface area contributed by atoms with E-state index >= 15 is 0 Å². The Labute approximate surface area is 134 Å². The van der Waals surface area contributed by atoms with Crippen molar-refractivity contribution in [3.63, 3.8) is 0 Å². The predicted octanol–water partition coefficient (Wildman–Crippen LogP) is 3.52. The van der Waals surface area contributed by atoms with E-state index in [1.807, 2.05) is 0 Å². The molecule has 0 aliphatic carbocycles. The number of nitrogens with one attached hydrogen (secondary N) is 1. The molecule has 0 fully saturated rings. The molecular weight excluding hydrogens is 322 g/mol. The van der Waals surface area contributed by atoms with Crippen LogP contribution in [0.1, 0.15) is 10.4 Å². The van der Waals surface area contributed by atoms with E-state index in [0.717, 1.165) is 11.3 Å². The largest absolute Gasteiger partial charge is 0.324 e. The average molecular weight is 333 g/mol. The highest BCUT2D eigenvalue weighted by Gasteiger charge is 2.11. The number of benzene rings is 1. The van der Waals surface area contributed by atoms with Crippen molar-refractivity contribution in [2.45, 2.75) is 6.92 Å². The molecule has 2 aromatic rings. The molecule has 0 unspecified atom stereocenters. The van der Waals surface area contributed by atoms with E-state index in [0.29, 0.717) is 16.1 Å². The van der Waals surface area contributed by atoms with Crippen molar-refractivity contribution in [2.24, 2.45) is 0 Å². The fraction of sp³-hybridized carbons (Fsp3) is 0.0714. The number of carbonyl (C=O) groups is 1. The number of amides is 1. The summed E-state index contributed by atoms with van der Waals surface area (Å²) in [5.74, 6) is -0.482. The van der Waals surface area contributed by atoms with Crippen molar-refractivity contribution in [3.05, 3.63) is 67.1 Å². The van der Waals surface area contributed by atoms with Gasteiger partial charge in [-0.15, -0.1) is 0 Å². The second-order valence-electron chi connectivity index (χ2n) is 4.51. The Morgan fingerprint density at radius 1 is 1.17 bits per heavy atom. The maximum Gasteiger partial charge on any atom is 0.324 e. The van der Waals surface area contributed by atoms with E-state index in [1.54, 1.807) is 13.0 Å². The topological polar surface area (TPSA) is 115 Å². The highest BCUT2D eigenvalue weighted by atomic mass is 32.1. The summed E-state index contributed by atoms with van der Waals surface area (Å²) in [6, 6.07) is 7.06. The molecular formula is C14H11N3O5S. The quantitative estimate of drug-likeness (QED) is 0.510. The first-order valence-electron chi connectivity index (χ1n) is 6.35. The molecule has 0 spiro atoms. The lowest BCUT2D eigenvalue weighted by molar-refractivity contribution is -0.384.